The molecule has 0 aliphatic carbocycles. The highest BCUT2D eigenvalue weighted by molar-refractivity contribution is 7.19. The number of anilines is 1. The Bertz CT molecular complexity index is 1010. The quantitative estimate of drug-likeness (QED) is 0.633. The highest BCUT2D eigenvalue weighted by atomic mass is 32.1. The number of hydrogen-bond donors (Lipinski definition) is 1. The summed E-state index contributed by atoms with van der Waals surface area (Å²) in [7, 11) is 0. The monoisotopic (exact) mass is 421 g/mol. The molecule has 4 rings (SSSR count). The molecule has 7 heteroatoms. The maximum absolute atomic E-state index is 12.9. The first-order chi connectivity index (χ1) is 14.6. The third-order valence-corrected chi connectivity index (χ3v) is 6.14. The maximum atomic E-state index is 12.9. The van der Waals surface area contributed by atoms with Gasteiger partial charge in [0.25, 0.3) is 0 Å². The van der Waals surface area contributed by atoms with E-state index in [1.807, 2.05) is 67.6 Å². The highest BCUT2D eigenvalue weighted by Crippen LogP contribution is 2.30. The van der Waals surface area contributed by atoms with Gasteiger partial charge in [0.2, 0.25) is 5.91 Å². The van der Waals surface area contributed by atoms with Crippen LogP contribution >= 0.6 is 11.3 Å². The van der Waals surface area contributed by atoms with Crippen molar-refractivity contribution in [3.8, 4) is 10.4 Å². The summed E-state index contributed by atoms with van der Waals surface area (Å²) in [6.45, 7) is 2.12. The number of rotatable bonds is 5. The number of aromatic nitrogens is 1. The second-order valence-electron chi connectivity index (χ2n) is 7.27. The number of likely N-dealkylation sites (tertiary alicyclic amines) is 1. The first-order valence-corrected chi connectivity index (χ1v) is 10.7. The Morgan fingerprint density at radius 1 is 1.10 bits per heavy atom. The van der Waals surface area contributed by atoms with Gasteiger partial charge >= 0.3 is 6.09 Å². The summed E-state index contributed by atoms with van der Waals surface area (Å²) < 4.78 is 5.47. The number of nitrogens with zero attached hydrogens (tertiary/aromatic N) is 2. The summed E-state index contributed by atoms with van der Waals surface area (Å²) >= 11 is 1.41. The predicted molar refractivity (Wildman–Crippen MR) is 117 cm³/mol. The van der Waals surface area contributed by atoms with Crippen LogP contribution in [0.25, 0.3) is 10.4 Å². The molecule has 1 aromatic heterocycles. The third-order valence-electron chi connectivity index (χ3n) is 5.18. The Kier molecular flexibility index (Phi) is 6.09. The van der Waals surface area contributed by atoms with E-state index in [4.69, 9.17) is 4.74 Å². The minimum atomic E-state index is -0.563. The average Bonchev–Trinajstić information content (AvgIpc) is 3.40. The Labute approximate surface area is 179 Å². The molecule has 2 aromatic carbocycles. The van der Waals surface area contributed by atoms with Crippen molar-refractivity contribution in [3.63, 3.8) is 0 Å². The Morgan fingerprint density at radius 2 is 1.80 bits per heavy atom. The van der Waals surface area contributed by atoms with Gasteiger partial charge in [0, 0.05) is 12.2 Å². The van der Waals surface area contributed by atoms with Crippen molar-refractivity contribution >= 4 is 28.5 Å². The van der Waals surface area contributed by atoms with E-state index in [-0.39, 0.29) is 18.6 Å². The van der Waals surface area contributed by atoms with Crippen LogP contribution in [0.3, 0.4) is 0 Å². The molecule has 154 valence electrons. The van der Waals surface area contributed by atoms with Gasteiger partial charge in [-0.15, -0.1) is 0 Å². The maximum Gasteiger partial charge on any atom is 0.411 e. The fourth-order valence-electron chi connectivity index (χ4n) is 3.60. The molecule has 1 aliphatic rings. The zero-order valence-electron chi connectivity index (χ0n) is 16.7. The third kappa shape index (κ3) is 4.52. The second kappa shape index (κ2) is 9.09. The van der Waals surface area contributed by atoms with Crippen LogP contribution in [0.5, 0.6) is 0 Å². The second-order valence-corrected chi connectivity index (χ2v) is 8.31. The lowest BCUT2D eigenvalue weighted by Gasteiger charge is -2.26. The molecule has 0 bridgehead atoms. The van der Waals surface area contributed by atoms with Gasteiger partial charge in [-0.25, -0.2) is 9.78 Å². The van der Waals surface area contributed by atoms with Crippen LogP contribution in [-0.2, 0) is 16.1 Å². The molecule has 3 aromatic rings. The van der Waals surface area contributed by atoms with Gasteiger partial charge in [0.1, 0.15) is 12.6 Å². The lowest BCUT2D eigenvalue weighted by molar-refractivity contribution is -0.120. The zero-order chi connectivity index (χ0) is 20.9. The Morgan fingerprint density at radius 3 is 2.53 bits per heavy atom. The lowest BCUT2D eigenvalue weighted by Crippen LogP contribution is -2.46. The van der Waals surface area contributed by atoms with E-state index in [2.05, 4.69) is 10.3 Å². The van der Waals surface area contributed by atoms with E-state index in [0.29, 0.717) is 11.6 Å². The van der Waals surface area contributed by atoms with Crippen LogP contribution in [0, 0.1) is 0 Å². The summed E-state index contributed by atoms with van der Waals surface area (Å²) in [6, 6.07) is 18.8. The molecule has 1 unspecified atom stereocenters. The average molecular weight is 422 g/mol. The van der Waals surface area contributed by atoms with Crippen molar-refractivity contribution in [3.05, 3.63) is 72.4 Å². The van der Waals surface area contributed by atoms with Crippen LogP contribution in [0.4, 0.5) is 9.93 Å². The molecule has 1 aliphatic heterocycles. The Balaban J connectivity index is 1.40. The number of nitrogens with one attached hydrogen (secondary N) is 1. The molecule has 0 saturated carbocycles. The number of carbonyl (C=O) groups excluding carboxylic acids is 2. The molecule has 2 atom stereocenters. The molecule has 1 fully saturated rings. The van der Waals surface area contributed by atoms with Crippen molar-refractivity contribution < 1.29 is 14.3 Å². The lowest BCUT2D eigenvalue weighted by atomic mass is 10.2. The number of thiazole rings is 1. The first kappa shape index (κ1) is 20.1. The van der Waals surface area contributed by atoms with Gasteiger partial charge < -0.3 is 10.1 Å². The normalized spacial score (nSPS) is 18.2. The molecule has 2 amide bonds. The van der Waals surface area contributed by atoms with Crippen molar-refractivity contribution in [1.82, 2.24) is 9.88 Å². The van der Waals surface area contributed by atoms with Gasteiger partial charge in [-0.3, -0.25) is 9.69 Å². The van der Waals surface area contributed by atoms with E-state index < -0.39 is 12.1 Å². The number of ether oxygens (including phenoxy) is 1. The van der Waals surface area contributed by atoms with E-state index in [1.54, 1.807) is 11.1 Å². The molecular formula is C23H23N3O3S. The van der Waals surface area contributed by atoms with E-state index in [0.717, 1.165) is 22.4 Å². The van der Waals surface area contributed by atoms with Crippen molar-refractivity contribution in [2.24, 2.45) is 0 Å². The van der Waals surface area contributed by atoms with Crippen LogP contribution in [0.2, 0.25) is 0 Å². The van der Waals surface area contributed by atoms with Crippen molar-refractivity contribution in [2.45, 2.75) is 38.5 Å². The number of hydrogen-bond acceptors (Lipinski definition) is 5. The zero-order valence-corrected chi connectivity index (χ0v) is 17.5. The Hall–Kier alpha value is -3.19. The standard InChI is InChI=1S/C23H23N3O3S/c1-16-12-13-19(26(16)23(28)29-15-17-8-4-2-5-9-17)21(27)25-22-24-14-20(30-22)18-10-6-3-7-11-18/h2-11,14,16,19H,12-13,15H2,1H3,(H,24,25,27)/t16?,19-/m0/s1. The highest BCUT2D eigenvalue weighted by Gasteiger charge is 2.40. The van der Waals surface area contributed by atoms with E-state index >= 15 is 0 Å². The fraction of sp³-hybridized carbons (Fsp3) is 0.261. The van der Waals surface area contributed by atoms with Gasteiger partial charge in [-0.1, -0.05) is 72.0 Å². The van der Waals surface area contributed by atoms with Crippen LogP contribution in [0.1, 0.15) is 25.3 Å². The minimum Gasteiger partial charge on any atom is -0.445 e. The van der Waals surface area contributed by atoms with Gasteiger partial charge in [-0.2, -0.15) is 0 Å². The SMILES string of the molecule is CC1CC[C@@H](C(=O)Nc2ncc(-c3ccccc3)s2)N1C(=O)OCc1ccccc1. The van der Waals surface area contributed by atoms with Crippen molar-refractivity contribution in [2.75, 3.05) is 5.32 Å². The van der Waals surface area contributed by atoms with E-state index in [9.17, 15) is 9.59 Å². The van der Waals surface area contributed by atoms with Crippen LogP contribution in [-0.4, -0.2) is 34.0 Å². The number of carbonyl (C=O) groups is 2. The van der Waals surface area contributed by atoms with Crippen molar-refractivity contribution in [1.29, 1.82) is 0 Å². The summed E-state index contributed by atoms with van der Waals surface area (Å²) in [5, 5.41) is 3.40. The summed E-state index contributed by atoms with van der Waals surface area (Å²) in [5.41, 5.74) is 1.96. The topological polar surface area (TPSA) is 71.5 Å². The molecule has 6 nitrogen and oxygen atoms in total. The summed E-state index contributed by atoms with van der Waals surface area (Å²) in [6.07, 6.45) is 2.64. The largest absolute Gasteiger partial charge is 0.445 e. The molecular weight excluding hydrogens is 398 g/mol. The molecule has 30 heavy (non-hydrogen) atoms. The fourth-order valence-corrected chi connectivity index (χ4v) is 4.42. The molecule has 0 spiro atoms. The molecule has 1 saturated heterocycles. The van der Waals surface area contributed by atoms with Gasteiger partial charge in [0.05, 0.1) is 4.88 Å². The first-order valence-electron chi connectivity index (χ1n) is 9.93. The summed E-state index contributed by atoms with van der Waals surface area (Å²) in [4.78, 5) is 32.4. The predicted octanol–water partition coefficient (Wildman–Crippen LogP) is 4.94. The van der Waals surface area contributed by atoms with Gasteiger partial charge in [0.15, 0.2) is 5.13 Å². The van der Waals surface area contributed by atoms with E-state index in [1.165, 1.54) is 11.3 Å². The number of amides is 2. The molecule has 2 heterocycles. The minimum absolute atomic E-state index is 0.0554. The summed E-state index contributed by atoms with van der Waals surface area (Å²) in [5.74, 6) is -0.232. The smallest absolute Gasteiger partial charge is 0.411 e. The van der Waals surface area contributed by atoms with Gasteiger partial charge in [-0.05, 0) is 30.9 Å². The molecule has 1 N–H and O–H groups in total. The molecule has 0 radical (unpaired) electrons. The number of benzene rings is 2. The van der Waals surface area contributed by atoms with Crippen LogP contribution < -0.4 is 5.32 Å². The van der Waals surface area contributed by atoms with Crippen LogP contribution in [0.15, 0.2) is 66.9 Å².